The maximum absolute atomic E-state index is 11.1. The normalized spacial score (nSPS) is 14.3. The SMILES string of the molecule is NNc1ncnc(N(CCO)C2CC2)c1[N+](=O)[O-]. The first kappa shape index (κ1) is 12.5. The molecule has 2 rings (SSSR count). The second-order valence-corrected chi connectivity index (χ2v) is 3.94. The number of hydrazine groups is 1. The van der Waals surface area contributed by atoms with Gasteiger partial charge in [-0.15, -0.1) is 0 Å². The highest BCUT2D eigenvalue weighted by molar-refractivity contribution is 5.70. The van der Waals surface area contributed by atoms with Crippen molar-refractivity contribution in [3.63, 3.8) is 0 Å². The van der Waals surface area contributed by atoms with Crippen molar-refractivity contribution in [3.05, 3.63) is 16.4 Å². The number of rotatable bonds is 6. The maximum atomic E-state index is 11.1. The molecule has 0 atom stereocenters. The van der Waals surface area contributed by atoms with Crippen molar-refractivity contribution in [2.75, 3.05) is 23.5 Å². The molecule has 98 valence electrons. The Kier molecular flexibility index (Phi) is 3.53. The minimum Gasteiger partial charge on any atom is -0.395 e. The topological polar surface area (TPSA) is 130 Å². The summed E-state index contributed by atoms with van der Waals surface area (Å²) in [5.41, 5.74) is 1.93. The standard InChI is InChI=1S/C9H14N6O3/c10-13-8-7(15(17)18)9(12-5-11-8)14(3-4-16)6-1-2-6/h5-6,16H,1-4,10H2,(H,11,12,13). The summed E-state index contributed by atoms with van der Waals surface area (Å²) in [4.78, 5) is 19.9. The van der Waals surface area contributed by atoms with Crippen LogP contribution in [0.2, 0.25) is 0 Å². The van der Waals surface area contributed by atoms with Crippen LogP contribution >= 0.6 is 0 Å². The lowest BCUT2D eigenvalue weighted by Crippen LogP contribution is -2.31. The minimum atomic E-state index is -0.572. The number of hydrogen-bond acceptors (Lipinski definition) is 8. The first-order valence-corrected chi connectivity index (χ1v) is 5.52. The van der Waals surface area contributed by atoms with E-state index in [9.17, 15) is 10.1 Å². The Hall–Kier alpha value is -2.00. The molecule has 1 aliphatic carbocycles. The van der Waals surface area contributed by atoms with Crippen LogP contribution in [0.4, 0.5) is 17.3 Å². The molecule has 0 radical (unpaired) electrons. The highest BCUT2D eigenvalue weighted by Crippen LogP contribution is 2.37. The van der Waals surface area contributed by atoms with Crippen molar-refractivity contribution in [2.45, 2.75) is 18.9 Å². The number of nitrogens with zero attached hydrogens (tertiary/aromatic N) is 4. The summed E-state index contributed by atoms with van der Waals surface area (Å²) in [6.07, 6.45) is 3.09. The lowest BCUT2D eigenvalue weighted by atomic mass is 10.3. The van der Waals surface area contributed by atoms with Gasteiger partial charge in [0.1, 0.15) is 6.33 Å². The predicted molar refractivity (Wildman–Crippen MR) is 64.0 cm³/mol. The number of aliphatic hydroxyl groups excluding tert-OH is 1. The van der Waals surface area contributed by atoms with Gasteiger partial charge in [-0.1, -0.05) is 0 Å². The van der Waals surface area contributed by atoms with Crippen LogP contribution in [0.25, 0.3) is 0 Å². The van der Waals surface area contributed by atoms with Gasteiger partial charge < -0.3 is 15.4 Å². The van der Waals surface area contributed by atoms with E-state index in [1.165, 1.54) is 6.33 Å². The van der Waals surface area contributed by atoms with E-state index in [0.717, 1.165) is 12.8 Å². The van der Waals surface area contributed by atoms with Gasteiger partial charge in [-0.05, 0) is 12.8 Å². The van der Waals surface area contributed by atoms with Gasteiger partial charge in [-0.3, -0.25) is 10.1 Å². The molecule has 9 nitrogen and oxygen atoms in total. The Morgan fingerprint density at radius 1 is 1.61 bits per heavy atom. The number of nitrogen functional groups attached to an aromatic ring is 1. The van der Waals surface area contributed by atoms with Crippen LogP contribution in [0, 0.1) is 10.1 Å². The Morgan fingerprint density at radius 2 is 2.33 bits per heavy atom. The van der Waals surface area contributed by atoms with Gasteiger partial charge in [0, 0.05) is 12.6 Å². The third kappa shape index (κ3) is 2.31. The van der Waals surface area contributed by atoms with Gasteiger partial charge in [-0.25, -0.2) is 15.8 Å². The summed E-state index contributed by atoms with van der Waals surface area (Å²) in [6, 6.07) is 0.191. The highest BCUT2D eigenvalue weighted by atomic mass is 16.6. The molecule has 0 saturated heterocycles. The number of aliphatic hydroxyl groups is 1. The van der Waals surface area contributed by atoms with Crippen LogP contribution in [-0.2, 0) is 0 Å². The molecule has 4 N–H and O–H groups in total. The smallest absolute Gasteiger partial charge is 0.354 e. The maximum Gasteiger partial charge on any atom is 0.354 e. The monoisotopic (exact) mass is 254 g/mol. The molecule has 1 fully saturated rings. The van der Waals surface area contributed by atoms with Crippen molar-refractivity contribution < 1.29 is 10.0 Å². The molecule has 0 amide bonds. The van der Waals surface area contributed by atoms with Gasteiger partial charge in [-0.2, -0.15) is 0 Å². The van der Waals surface area contributed by atoms with E-state index in [1.54, 1.807) is 4.90 Å². The number of aromatic nitrogens is 2. The van der Waals surface area contributed by atoms with Gasteiger partial charge in [0.2, 0.25) is 11.6 Å². The average Bonchev–Trinajstić information content (AvgIpc) is 3.19. The Morgan fingerprint density at radius 3 is 2.83 bits per heavy atom. The average molecular weight is 254 g/mol. The van der Waals surface area contributed by atoms with Gasteiger partial charge >= 0.3 is 5.69 Å². The number of nitrogens with one attached hydrogen (secondary N) is 1. The molecule has 9 heteroatoms. The summed E-state index contributed by atoms with van der Waals surface area (Å²) in [6.45, 7) is 0.204. The first-order valence-electron chi connectivity index (χ1n) is 5.52. The minimum absolute atomic E-state index is 0.0337. The summed E-state index contributed by atoms with van der Waals surface area (Å²) < 4.78 is 0. The Bertz CT molecular complexity index is 450. The first-order chi connectivity index (χ1) is 8.69. The fourth-order valence-electron chi connectivity index (χ4n) is 1.81. The zero-order valence-corrected chi connectivity index (χ0v) is 9.61. The number of anilines is 2. The molecule has 1 heterocycles. The van der Waals surface area contributed by atoms with Gasteiger partial charge in [0.25, 0.3) is 0 Å². The summed E-state index contributed by atoms with van der Waals surface area (Å²) in [5.74, 6) is 5.37. The van der Waals surface area contributed by atoms with Crippen LogP contribution in [-0.4, -0.2) is 39.2 Å². The fourth-order valence-corrected chi connectivity index (χ4v) is 1.81. The lowest BCUT2D eigenvalue weighted by Gasteiger charge is -2.22. The second kappa shape index (κ2) is 5.10. The van der Waals surface area contributed by atoms with Gasteiger partial charge in [0.05, 0.1) is 11.5 Å². The van der Waals surface area contributed by atoms with Crippen molar-refractivity contribution in [1.82, 2.24) is 9.97 Å². The van der Waals surface area contributed by atoms with Crippen LogP contribution in [0.3, 0.4) is 0 Å². The van der Waals surface area contributed by atoms with Crippen molar-refractivity contribution in [3.8, 4) is 0 Å². The van der Waals surface area contributed by atoms with Gasteiger partial charge in [0.15, 0.2) is 0 Å². The van der Waals surface area contributed by atoms with E-state index in [1.807, 2.05) is 0 Å². The summed E-state index contributed by atoms with van der Waals surface area (Å²) in [5, 5.41) is 20.1. The molecule has 0 spiro atoms. The molecule has 1 aliphatic rings. The van der Waals surface area contributed by atoms with E-state index in [-0.39, 0.29) is 30.0 Å². The molecular weight excluding hydrogens is 240 g/mol. The predicted octanol–water partition coefficient (Wildman–Crippen LogP) is -0.369. The van der Waals surface area contributed by atoms with Crippen LogP contribution in [0.15, 0.2) is 6.33 Å². The number of nitrogens with two attached hydrogens (primary N) is 1. The van der Waals surface area contributed by atoms with E-state index in [4.69, 9.17) is 10.9 Å². The fraction of sp³-hybridized carbons (Fsp3) is 0.556. The number of nitro groups is 1. The molecular formula is C9H14N6O3. The Balaban J connectivity index is 2.43. The third-order valence-electron chi connectivity index (χ3n) is 2.72. The Labute approximate surface area is 103 Å². The molecule has 1 saturated carbocycles. The zero-order chi connectivity index (χ0) is 13.1. The summed E-state index contributed by atoms with van der Waals surface area (Å²) in [7, 11) is 0. The lowest BCUT2D eigenvalue weighted by molar-refractivity contribution is -0.383. The molecule has 1 aromatic rings. The third-order valence-corrected chi connectivity index (χ3v) is 2.72. The molecule has 0 aromatic carbocycles. The van der Waals surface area contributed by atoms with Crippen LogP contribution in [0.5, 0.6) is 0 Å². The highest BCUT2D eigenvalue weighted by Gasteiger charge is 2.35. The van der Waals surface area contributed by atoms with E-state index in [0.29, 0.717) is 6.54 Å². The van der Waals surface area contributed by atoms with E-state index >= 15 is 0 Å². The molecule has 18 heavy (non-hydrogen) atoms. The van der Waals surface area contributed by atoms with Crippen LogP contribution in [0.1, 0.15) is 12.8 Å². The van der Waals surface area contributed by atoms with Crippen molar-refractivity contribution in [2.24, 2.45) is 5.84 Å². The van der Waals surface area contributed by atoms with Crippen molar-refractivity contribution >= 4 is 17.3 Å². The summed E-state index contributed by atoms with van der Waals surface area (Å²) >= 11 is 0. The number of hydrogen-bond donors (Lipinski definition) is 3. The molecule has 0 bridgehead atoms. The van der Waals surface area contributed by atoms with Crippen LogP contribution < -0.4 is 16.2 Å². The quantitative estimate of drug-likeness (QED) is 0.356. The van der Waals surface area contributed by atoms with E-state index in [2.05, 4.69) is 15.4 Å². The second-order valence-electron chi connectivity index (χ2n) is 3.94. The molecule has 1 aromatic heterocycles. The molecule has 0 aliphatic heterocycles. The van der Waals surface area contributed by atoms with Crippen molar-refractivity contribution in [1.29, 1.82) is 0 Å². The van der Waals surface area contributed by atoms with E-state index < -0.39 is 4.92 Å². The molecule has 0 unspecified atom stereocenters. The zero-order valence-electron chi connectivity index (χ0n) is 9.61. The largest absolute Gasteiger partial charge is 0.395 e.